The lowest BCUT2D eigenvalue weighted by molar-refractivity contribution is -0.131. The van der Waals surface area contributed by atoms with Crippen molar-refractivity contribution < 1.29 is 14.3 Å². The minimum atomic E-state index is -0.228. The highest BCUT2D eigenvalue weighted by Gasteiger charge is 2.18. The first kappa shape index (κ1) is 15.5. The maximum Gasteiger partial charge on any atom is 0.250 e. The van der Waals surface area contributed by atoms with E-state index in [-0.39, 0.29) is 31.1 Å². The van der Waals surface area contributed by atoms with E-state index in [4.69, 9.17) is 4.74 Å². The zero-order valence-corrected chi connectivity index (χ0v) is 12.5. The van der Waals surface area contributed by atoms with Crippen molar-refractivity contribution in [1.82, 2.24) is 14.7 Å². The van der Waals surface area contributed by atoms with Crippen LogP contribution in [0.25, 0.3) is 0 Å². The monoisotopic (exact) mass is 294 g/mol. The number of amides is 2. The van der Waals surface area contributed by atoms with Crippen molar-refractivity contribution in [2.75, 3.05) is 25.0 Å². The lowest BCUT2D eigenvalue weighted by Gasteiger charge is -2.14. The molecule has 0 saturated carbocycles. The maximum absolute atomic E-state index is 12.0. The predicted molar refractivity (Wildman–Crippen MR) is 77.8 cm³/mol. The van der Waals surface area contributed by atoms with E-state index >= 15 is 0 Å². The van der Waals surface area contributed by atoms with Crippen LogP contribution in [0, 0.1) is 0 Å². The fraction of sp³-hybridized carbons (Fsp3) is 0.643. The lowest BCUT2D eigenvalue weighted by Crippen LogP contribution is -2.31. The molecule has 2 amide bonds. The molecule has 1 aliphatic heterocycles. The molecule has 7 heteroatoms. The standard InChI is InChI=1S/C14H22N4O3/c1-11(2)21-10-13(19)16-12-7-15-18(8-12)9-14(20)17-5-3-4-6-17/h7-8,11H,3-6,9-10H2,1-2H3,(H,16,19). The first-order chi connectivity index (χ1) is 10.0. The van der Waals surface area contributed by atoms with Gasteiger partial charge in [-0.05, 0) is 26.7 Å². The van der Waals surface area contributed by atoms with Crippen LogP contribution in [0.5, 0.6) is 0 Å². The highest BCUT2D eigenvalue weighted by atomic mass is 16.5. The zero-order valence-electron chi connectivity index (χ0n) is 12.5. The van der Waals surface area contributed by atoms with E-state index in [1.165, 1.54) is 6.20 Å². The summed E-state index contributed by atoms with van der Waals surface area (Å²) >= 11 is 0. The number of rotatable bonds is 6. The van der Waals surface area contributed by atoms with Gasteiger partial charge >= 0.3 is 0 Å². The van der Waals surface area contributed by atoms with Crippen molar-refractivity contribution in [1.29, 1.82) is 0 Å². The molecule has 0 unspecified atom stereocenters. The third kappa shape index (κ3) is 4.86. The van der Waals surface area contributed by atoms with E-state index in [9.17, 15) is 9.59 Å². The second-order valence-corrected chi connectivity index (χ2v) is 5.42. The number of aromatic nitrogens is 2. The number of hydrogen-bond acceptors (Lipinski definition) is 4. The Morgan fingerprint density at radius 2 is 2.10 bits per heavy atom. The van der Waals surface area contributed by atoms with Crippen LogP contribution >= 0.6 is 0 Å². The average molecular weight is 294 g/mol. The van der Waals surface area contributed by atoms with E-state index in [0.29, 0.717) is 5.69 Å². The van der Waals surface area contributed by atoms with E-state index in [2.05, 4.69) is 10.4 Å². The molecule has 1 N–H and O–H groups in total. The van der Waals surface area contributed by atoms with Gasteiger partial charge < -0.3 is 15.0 Å². The van der Waals surface area contributed by atoms with Crippen LogP contribution in [-0.2, 0) is 20.9 Å². The molecule has 1 fully saturated rings. The number of carbonyl (C=O) groups excluding carboxylic acids is 2. The summed E-state index contributed by atoms with van der Waals surface area (Å²) in [4.78, 5) is 25.4. The number of nitrogens with one attached hydrogen (secondary N) is 1. The highest BCUT2D eigenvalue weighted by Crippen LogP contribution is 2.10. The predicted octanol–water partition coefficient (Wildman–Crippen LogP) is 0.869. The van der Waals surface area contributed by atoms with Crippen molar-refractivity contribution in [3.8, 4) is 0 Å². The van der Waals surface area contributed by atoms with Crippen molar-refractivity contribution >= 4 is 17.5 Å². The number of hydrogen-bond donors (Lipinski definition) is 1. The Morgan fingerprint density at radius 3 is 2.76 bits per heavy atom. The number of likely N-dealkylation sites (tertiary alicyclic amines) is 1. The quantitative estimate of drug-likeness (QED) is 0.844. The van der Waals surface area contributed by atoms with E-state index in [0.717, 1.165) is 25.9 Å². The Kier molecular flexibility index (Phi) is 5.32. The molecule has 0 atom stereocenters. The van der Waals surface area contributed by atoms with Gasteiger partial charge in [0.2, 0.25) is 11.8 Å². The van der Waals surface area contributed by atoms with Gasteiger partial charge in [0, 0.05) is 19.3 Å². The fourth-order valence-corrected chi connectivity index (χ4v) is 2.16. The summed E-state index contributed by atoms with van der Waals surface area (Å²) in [5, 5.41) is 6.78. The lowest BCUT2D eigenvalue weighted by atomic mass is 10.4. The van der Waals surface area contributed by atoms with E-state index in [1.807, 2.05) is 18.7 Å². The number of nitrogens with zero attached hydrogens (tertiary/aromatic N) is 3. The molecule has 0 radical (unpaired) electrons. The topological polar surface area (TPSA) is 76.5 Å². The Hall–Kier alpha value is -1.89. The van der Waals surface area contributed by atoms with Crippen molar-refractivity contribution in [3.05, 3.63) is 12.4 Å². The third-order valence-electron chi connectivity index (χ3n) is 3.22. The Bertz CT molecular complexity index is 492. The highest BCUT2D eigenvalue weighted by molar-refractivity contribution is 5.91. The van der Waals surface area contributed by atoms with Crippen molar-refractivity contribution in [2.24, 2.45) is 0 Å². The van der Waals surface area contributed by atoms with E-state index < -0.39 is 0 Å². The normalized spacial score (nSPS) is 14.7. The molecule has 0 aromatic carbocycles. The zero-order chi connectivity index (χ0) is 15.2. The van der Waals surface area contributed by atoms with Crippen LogP contribution < -0.4 is 5.32 Å². The molecule has 2 heterocycles. The minimum absolute atomic E-state index is 0.00948. The molecule has 0 bridgehead atoms. The summed E-state index contributed by atoms with van der Waals surface area (Å²) in [5.41, 5.74) is 0.571. The van der Waals surface area contributed by atoms with Gasteiger partial charge in [-0.2, -0.15) is 5.10 Å². The van der Waals surface area contributed by atoms with Gasteiger partial charge in [-0.3, -0.25) is 14.3 Å². The molecule has 1 aliphatic rings. The molecule has 1 aromatic rings. The molecule has 2 rings (SSSR count). The van der Waals surface area contributed by atoms with Crippen LogP contribution in [-0.4, -0.2) is 52.3 Å². The summed E-state index contributed by atoms with van der Waals surface area (Å²) in [5.74, 6) is -0.161. The minimum Gasteiger partial charge on any atom is -0.369 e. The molecular formula is C14H22N4O3. The van der Waals surface area contributed by atoms with Crippen LogP contribution in [0.1, 0.15) is 26.7 Å². The first-order valence-electron chi connectivity index (χ1n) is 7.26. The number of carbonyl (C=O) groups is 2. The molecule has 1 aromatic heterocycles. The number of ether oxygens (including phenoxy) is 1. The van der Waals surface area contributed by atoms with E-state index in [1.54, 1.807) is 10.9 Å². The van der Waals surface area contributed by atoms with Crippen molar-refractivity contribution in [3.63, 3.8) is 0 Å². The Morgan fingerprint density at radius 1 is 1.38 bits per heavy atom. The maximum atomic E-state index is 12.0. The van der Waals surface area contributed by atoms with Gasteiger partial charge in [-0.1, -0.05) is 0 Å². The largest absolute Gasteiger partial charge is 0.369 e. The molecular weight excluding hydrogens is 272 g/mol. The van der Waals surface area contributed by atoms with Crippen LogP contribution in [0.4, 0.5) is 5.69 Å². The Balaban J connectivity index is 1.80. The van der Waals surface area contributed by atoms with Gasteiger partial charge in [-0.15, -0.1) is 0 Å². The molecule has 0 aliphatic carbocycles. The summed E-state index contributed by atoms with van der Waals surface area (Å²) in [6, 6.07) is 0. The molecule has 7 nitrogen and oxygen atoms in total. The summed E-state index contributed by atoms with van der Waals surface area (Å²) < 4.78 is 6.76. The SMILES string of the molecule is CC(C)OCC(=O)Nc1cnn(CC(=O)N2CCCC2)c1. The van der Waals surface area contributed by atoms with Crippen LogP contribution in [0.15, 0.2) is 12.4 Å². The van der Waals surface area contributed by atoms with Gasteiger partial charge in [-0.25, -0.2) is 0 Å². The molecule has 1 saturated heterocycles. The second-order valence-electron chi connectivity index (χ2n) is 5.42. The fourth-order valence-electron chi connectivity index (χ4n) is 2.16. The second kappa shape index (κ2) is 7.21. The summed E-state index contributed by atoms with van der Waals surface area (Å²) in [7, 11) is 0. The Labute approximate surface area is 124 Å². The van der Waals surface area contributed by atoms with Gasteiger partial charge in [0.1, 0.15) is 13.2 Å². The number of anilines is 1. The van der Waals surface area contributed by atoms with Gasteiger partial charge in [0.15, 0.2) is 0 Å². The molecule has 0 spiro atoms. The van der Waals surface area contributed by atoms with Crippen LogP contribution in [0.3, 0.4) is 0 Å². The van der Waals surface area contributed by atoms with Crippen molar-refractivity contribution in [2.45, 2.75) is 39.3 Å². The van der Waals surface area contributed by atoms with Crippen LogP contribution in [0.2, 0.25) is 0 Å². The first-order valence-corrected chi connectivity index (χ1v) is 7.26. The molecule has 116 valence electrons. The average Bonchev–Trinajstić information content (AvgIpc) is 3.08. The third-order valence-corrected chi connectivity index (χ3v) is 3.22. The van der Waals surface area contributed by atoms with Gasteiger partial charge in [0.25, 0.3) is 0 Å². The summed E-state index contributed by atoms with van der Waals surface area (Å²) in [6.07, 6.45) is 5.34. The smallest absolute Gasteiger partial charge is 0.250 e. The molecule has 21 heavy (non-hydrogen) atoms. The summed E-state index contributed by atoms with van der Waals surface area (Å²) in [6.45, 7) is 5.62. The van der Waals surface area contributed by atoms with Gasteiger partial charge in [0.05, 0.1) is 18.0 Å².